The third-order valence-electron chi connectivity index (χ3n) is 4.72. The minimum atomic E-state index is -0.542. The Morgan fingerprint density at radius 3 is 2.69 bits per heavy atom. The summed E-state index contributed by atoms with van der Waals surface area (Å²) in [6, 6.07) is 13.4. The van der Waals surface area contributed by atoms with Crippen molar-refractivity contribution < 1.29 is 13.9 Å². The van der Waals surface area contributed by atoms with Crippen molar-refractivity contribution in [1.29, 1.82) is 0 Å². The normalized spacial score (nSPS) is 19.2. The Kier molecular flexibility index (Phi) is 5.60. The Bertz CT molecular complexity index is 1010. The third-order valence-corrected chi connectivity index (χ3v) is 5.62. The number of anilines is 2. The van der Waals surface area contributed by atoms with Crippen molar-refractivity contribution in [2.75, 3.05) is 23.3 Å². The largest absolute Gasteiger partial charge is 0.372 e. The molecule has 1 aliphatic heterocycles. The highest BCUT2D eigenvalue weighted by molar-refractivity contribution is 7.14. The topological polar surface area (TPSA) is 54.5 Å². The molecule has 0 saturated carbocycles. The van der Waals surface area contributed by atoms with Gasteiger partial charge in [0, 0.05) is 29.7 Å². The van der Waals surface area contributed by atoms with E-state index in [9.17, 15) is 9.18 Å². The van der Waals surface area contributed by atoms with E-state index in [2.05, 4.69) is 24.1 Å². The van der Waals surface area contributed by atoms with E-state index in [0.29, 0.717) is 5.69 Å². The van der Waals surface area contributed by atoms with E-state index in [1.807, 2.05) is 23.6 Å². The Hall–Kier alpha value is -2.77. The van der Waals surface area contributed by atoms with Crippen LogP contribution in [0.2, 0.25) is 0 Å². The maximum Gasteiger partial charge on any atom is 0.258 e. The van der Waals surface area contributed by atoms with Gasteiger partial charge in [-0.05, 0) is 38.1 Å². The predicted molar refractivity (Wildman–Crippen MR) is 114 cm³/mol. The Morgan fingerprint density at radius 2 is 1.93 bits per heavy atom. The van der Waals surface area contributed by atoms with Gasteiger partial charge in [0.1, 0.15) is 5.82 Å². The minimum Gasteiger partial charge on any atom is -0.372 e. The van der Waals surface area contributed by atoms with E-state index in [-0.39, 0.29) is 17.8 Å². The van der Waals surface area contributed by atoms with E-state index in [0.717, 1.165) is 29.5 Å². The smallest absolute Gasteiger partial charge is 0.258 e. The first-order chi connectivity index (χ1) is 14.0. The molecular formula is C22H22FN3O2S. The van der Waals surface area contributed by atoms with E-state index in [1.165, 1.54) is 12.1 Å². The summed E-state index contributed by atoms with van der Waals surface area (Å²) < 4.78 is 19.6. The average Bonchev–Trinajstić information content (AvgIpc) is 3.18. The molecule has 2 aromatic carbocycles. The van der Waals surface area contributed by atoms with Gasteiger partial charge >= 0.3 is 0 Å². The quantitative estimate of drug-likeness (QED) is 0.669. The van der Waals surface area contributed by atoms with Gasteiger partial charge in [-0.1, -0.05) is 24.3 Å². The van der Waals surface area contributed by atoms with Crippen LogP contribution in [0.15, 0.2) is 53.9 Å². The van der Waals surface area contributed by atoms with Gasteiger partial charge < -0.3 is 15.0 Å². The molecule has 29 heavy (non-hydrogen) atoms. The molecular weight excluding hydrogens is 389 g/mol. The van der Waals surface area contributed by atoms with Crippen molar-refractivity contribution in [3.8, 4) is 11.3 Å². The maximum absolute atomic E-state index is 13.8. The highest BCUT2D eigenvalue weighted by Crippen LogP contribution is 2.30. The fraction of sp³-hybridized carbons (Fsp3) is 0.273. The van der Waals surface area contributed by atoms with Crippen LogP contribution < -0.4 is 10.2 Å². The minimum absolute atomic E-state index is 0.0180. The predicted octanol–water partition coefficient (Wildman–Crippen LogP) is 4.82. The van der Waals surface area contributed by atoms with Crippen LogP contribution in [-0.2, 0) is 4.74 Å². The van der Waals surface area contributed by atoms with Crippen molar-refractivity contribution in [1.82, 2.24) is 4.98 Å². The summed E-state index contributed by atoms with van der Waals surface area (Å²) in [5.41, 5.74) is 2.36. The van der Waals surface area contributed by atoms with Gasteiger partial charge in [0.15, 0.2) is 5.13 Å². The zero-order valence-corrected chi connectivity index (χ0v) is 17.1. The molecule has 3 aromatic rings. The van der Waals surface area contributed by atoms with Crippen LogP contribution in [0.3, 0.4) is 0 Å². The first kappa shape index (κ1) is 19.5. The summed E-state index contributed by atoms with van der Waals surface area (Å²) in [5.74, 6) is -1.02. The number of hydrogen-bond acceptors (Lipinski definition) is 5. The van der Waals surface area contributed by atoms with Crippen LogP contribution in [0, 0.1) is 5.82 Å². The second-order valence-electron chi connectivity index (χ2n) is 7.19. The van der Waals surface area contributed by atoms with Crippen molar-refractivity contribution in [2.45, 2.75) is 26.1 Å². The molecule has 2 atom stereocenters. The number of aromatic nitrogens is 1. The number of rotatable bonds is 4. The first-order valence-corrected chi connectivity index (χ1v) is 10.4. The standard InChI is InChI=1S/C22H22FN3O2S/c1-14-11-26(12-15(2)28-14)22-25-20(13-29-22)16-6-5-7-17(10-16)24-21(27)18-8-3-4-9-19(18)23/h3-10,13-15H,11-12H2,1-2H3,(H,24,27). The van der Waals surface area contributed by atoms with E-state index >= 15 is 0 Å². The third kappa shape index (κ3) is 4.46. The van der Waals surface area contributed by atoms with Crippen molar-refractivity contribution >= 4 is 28.1 Å². The Labute approximate surface area is 173 Å². The second-order valence-corrected chi connectivity index (χ2v) is 8.03. The highest BCUT2D eigenvalue weighted by Gasteiger charge is 2.24. The van der Waals surface area contributed by atoms with E-state index < -0.39 is 11.7 Å². The molecule has 0 radical (unpaired) electrons. The number of thiazole rings is 1. The molecule has 0 aliphatic carbocycles. The number of morpholine rings is 1. The van der Waals surface area contributed by atoms with Crippen LogP contribution >= 0.6 is 11.3 Å². The fourth-order valence-corrected chi connectivity index (χ4v) is 4.33. The van der Waals surface area contributed by atoms with Gasteiger partial charge in [0.2, 0.25) is 0 Å². The zero-order chi connectivity index (χ0) is 20.4. The zero-order valence-electron chi connectivity index (χ0n) is 16.3. The molecule has 0 spiro atoms. The number of halogens is 1. The monoisotopic (exact) mass is 411 g/mol. The van der Waals surface area contributed by atoms with Crippen LogP contribution in [0.5, 0.6) is 0 Å². The summed E-state index contributed by atoms with van der Waals surface area (Å²) in [5, 5.41) is 5.73. The molecule has 7 heteroatoms. The van der Waals surface area contributed by atoms with Crippen molar-refractivity contribution in [2.24, 2.45) is 0 Å². The van der Waals surface area contributed by atoms with E-state index in [1.54, 1.807) is 29.5 Å². The molecule has 1 amide bonds. The number of benzene rings is 2. The SMILES string of the molecule is CC1CN(c2nc(-c3cccc(NC(=O)c4ccccc4F)c3)cs2)CC(C)O1. The first-order valence-electron chi connectivity index (χ1n) is 9.52. The van der Waals surface area contributed by atoms with Crippen molar-refractivity contribution in [3.05, 3.63) is 65.3 Å². The van der Waals surface area contributed by atoms with Crippen LogP contribution in [0.4, 0.5) is 15.2 Å². The van der Waals surface area contributed by atoms with Gasteiger partial charge in [-0.15, -0.1) is 11.3 Å². The molecule has 4 rings (SSSR count). The second kappa shape index (κ2) is 8.31. The lowest BCUT2D eigenvalue weighted by Crippen LogP contribution is -2.45. The van der Waals surface area contributed by atoms with Gasteiger partial charge in [0.05, 0.1) is 23.5 Å². The number of hydrogen-bond donors (Lipinski definition) is 1. The van der Waals surface area contributed by atoms with Gasteiger partial charge in [0.25, 0.3) is 5.91 Å². The molecule has 1 saturated heterocycles. The van der Waals surface area contributed by atoms with Gasteiger partial charge in [-0.2, -0.15) is 0 Å². The molecule has 1 fully saturated rings. The summed E-state index contributed by atoms with van der Waals surface area (Å²) in [6.45, 7) is 5.77. The summed E-state index contributed by atoms with van der Waals surface area (Å²) in [4.78, 5) is 19.4. The Balaban J connectivity index is 1.51. The molecule has 5 nitrogen and oxygen atoms in total. The Morgan fingerprint density at radius 1 is 1.17 bits per heavy atom. The number of nitrogens with zero attached hydrogens (tertiary/aromatic N) is 2. The maximum atomic E-state index is 13.8. The molecule has 2 heterocycles. The number of carbonyl (C=O) groups excluding carboxylic acids is 1. The van der Waals surface area contributed by atoms with Crippen LogP contribution in [-0.4, -0.2) is 36.2 Å². The van der Waals surface area contributed by atoms with Crippen molar-refractivity contribution in [3.63, 3.8) is 0 Å². The number of ether oxygens (including phenoxy) is 1. The number of carbonyl (C=O) groups is 1. The van der Waals surface area contributed by atoms with Crippen LogP contribution in [0.1, 0.15) is 24.2 Å². The lowest BCUT2D eigenvalue weighted by molar-refractivity contribution is -0.00522. The van der Waals surface area contributed by atoms with E-state index in [4.69, 9.17) is 9.72 Å². The number of amides is 1. The molecule has 1 aromatic heterocycles. The molecule has 2 unspecified atom stereocenters. The van der Waals surface area contributed by atoms with Gasteiger partial charge in [-0.25, -0.2) is 9.37 Å². The number of nitrogens with one attached hydrogen (secondary N) is 1. The fourth-order valence-electron chi connectivity index (χ4n) is 3.48. The van der Waals surface area contributed by atoms with Gasteiger partial charge in [-0.3, -0.25) is 4.79 Å². The molecule has 150 valence electrons. The summed E-state index contributed by atoms with van der Waals surface area (Å²) in [6.07, 6.45) is 0.339. The lowest BCUT2D eigenvalue weighted by Gasteiger charge is -2.35. The molecule has 1 N–H and O–H groups in total. The lowest BCUT2D eigenvalue weighted by atomic mass is 10.1. The molecule has 1 aliphatic rings. The average molecular weight is 412 g/mol. The highest BCUT2D eigenvalue weighted by atomic mass is 32.1. The molecule has 0 bridgehead atoms. The summed E-state index contributed by atoms with van der Waals surface area (Å²) in [7, 11) is 0. The van der Waals surface area contributed by atoms with Crippen LogP contribution in [0.25, 0.3) is 11.3 Å². The summed E-state index contributed by atoms with van der Waals surface area (Å²) >= 11 is 1.60.